The van der Waals surface area contributed by atoms with Crippen molar-refractivity contribution in [1.29, 1.82) is 0 Å². The van der Waals surface area contributed by atoms with Crippen LogP contribution in [0, 0.1) is 6.92 Å². The molecule has 0 atom stereocenters. The molecule has 8 heteroatoms. The number of aromatic amines is 2. The van der Waals surface area contributed by atoms with Crippen molar-refractivity contribution in [3.8, 4) is 0 Å². The molecule has 1 fully saturated rings. The van der Waals surface area contributed by atoms with Crippen molar-refractivity contribution in [1.82, 2.24) is 9.97 Å². The van der Waals surface area contributed by atoms with E-state index in [1.165, 1.54) is 0 Å². The zero-order valence-electron chi connectivity index (χ0n) is 13.9. The first-order valence-electron chi connectivity index (χ1n) is 8.07. The molecule has 25 heavy (non-hydrogen) atoms. The van der Waals surface area contributed by atoms with Gasteiger partial charge in [0, 0.05) is 35.7 Å². The third-order valence-electron chi connectivity index (χ3n) is 4.12. The Hall–Kier alpha value is -2.87. The zero-order chi connectivity index (χ0) is 17.8. The largest absolute Gasteiger partial charge is 0.378 e. The lowest BCUT2D eigenvalue weighted by atomic mass is 10.1. The van der Waals surface area contributed by atoms with E-state index in [0.29, 0.717) is 24.6 Å². The van der Waals surface area contributed by atoms with E-state index in [-0.39, 0.29) is 17.9 Å². The maximum absolute atomic E-state index is 12.2. The number of aromatic nitrogens is 2. The molecule has 0 spiro atoms. The van der Waals surface area contributed by atoms with Crippen molar-refractivity contribution in [3.63, 3.8) is 0 Å². The number of rotatable bonds is 4. The van der Waals surface area contributed by atoms with Crippen molar-refractivity contribution in [2.45, 2.75) is 13.3 Å². The number of benzene rings is 1. The molecule has 1 aromatic carbocycles. The molecular formula is C17H20N4O4. The summed E-state index contributed by atoms with van der Waals surface area (Å²) in [6, 6.07) is 7.54. The molecule has 0 radical (unpaired) electrons. The van der Waals surface area contributed by atoms with E-state index in [4.69, 9.17) is 4.74 Å². The number of aryl methyl sites for hydroxylation is 1. The number of hydrogen-bond donors (Lipinski definition) is 3. The highest BCUT2D eigenvalue weighted by Crippen LogP contribution is 2.19. The van der Waals surface area contributed by atoms with E-state index in [9.17, 15) is 14.4 Å². The highest BCUT2D eigenvalue weighted by atomic mass is 16.5. The minimum atomic E-state index is -0.578. The lowest BCUT2D eigenvalue weighted by Gasteiger charge is -2.28. The van der Waals surface area contributed by atoms with Crippen molar-refractivity contribution in [2.75, 3.05) is 36.5 Å². The number of carbonyl (C=O) groups is 1. The van der Waals surface area contributed by atoms with E-state index in [0.717, 1.165) is 18.8 Å². The number of morpholine rings is 1. The van der Waals surface area contributed by atoms with Gasteiger partial charge in [-0.15, -0.1) is 0 Å². The Morgan fingerprint density at radius 2 is 1.84 bits per heavy atom. The van der Waals surface area contributed by atoms with Crippen LogP contribution in [0.4, 0.5) is 11.4 Å². The second-order valence-electron chi connectivity index (χ2n) is 5.88. The predicted molar refractivity (Wildman–Crippen MR) is 94.2 cm³/mol. The van der Waals surface area contributed by atoms with Crippen molar-refractivity contribution in [3.05, 3.63) is 56.4 Å². The molecule has 1 aliphatic rings. The summed E-state index contributed by atoms with van der Waals surface area (Å²) in [5.74, 6) is -0.320. The van der Waals surface area contributed by atoms with Gasteiger partial charge in [-0.3, -0.25) is 14.6 Å². The Bertz CT molecular complexity index is 863. The number of amides is 1. The van der Waals surface area contributed by atoms with Gasteiger partial charge in [-0.05, 0) is 31.2 Å². The van der Waals surface area contributed by atoms with Crippen molar-refractivity contribution < 1.29 is 9.53 Å². The number of nitrogens with one attached hydrogen (secondary N) is 3. The normalized spacial score (nSPS) is 14.4. The summed E-state index contributed by atoms with van der Waals surface area (Å²) in [6.07, 6.45) is -0.108. The number of anilines is 2. The average Bonchev–Trinajstić information content (AvgIpc) is 2.59. The van der Waals surface area contributed by atoms with E-state index in [1.54, 1.807) is 6.92 Å². The van der Waals surface area contributed by atoms with Gasteiger partial charge in [-0.1, -0.05) is 0 Å². The summed E-state index contributed by atoms with van der Waals surface area (Å²) < 4.78 is 5.33. The minimum Gasteiger partial charge on any atom is -0.378 e. The van der Waals surface area contributed by atoms with Crippen LogP contribution in [0.2, 0.25) is 0 Å². The van der Waals surface area contributed by atoms with Gasteiger partial charge in [0.1, 0.15) is 0 Å². The molecular weight excluding hydrogens is 324 g/mol. The average molecular weight is 344 g/mol. The van der Waals surface area contributed by atoms with Gasteiger partial charge in [0.25, 0.3) is 5.56 Å². The Labute approximate surface area is 143 Å². The summed E-state index contributed by atoms with van der Waals surface area (Å²) in [5, 5.41) is 2.76. The fourth-order valence-corrected chi connectivity index (χ4v) is 2.78. The molecule has 2 aromatic rings. The highest BCUT2D eigenvalue weighted by Gasteiger charge is 2.13. The molecule has 0 aliphatic carbocycles. The monoisotopic (exact) mass is 344 g/mol. The second-order valence-corrected chi connectivity index (χ2v) is 5.88. The quantitative estimate of drug-likeness (QED) is 0.744. The van der Waals surface area contributed by atoms with Crippen molar-refractivity contribution >= 4 is 17.3 Å². The molecule has 0 bridgehead atoms. The van der Waals surface area contributed by atoms with Crippen LogP contribution in [0.3, 0.4) is 0 Å². The van der Waals surface area contributed by atoms with Crippen LogP contribution in [0.5, 0.6) is 0 Å². The molecule has 1 aromatic heterocycles. The van der Waals surface area contributed by atoms with Crippen LogP contribution in [0.25, 0.3) is 0 Å². The molecule has 1 aliphatic heterocycles. The zero-order valence-corrected chi connectivity index (χ0v) is 13.9. The Kier molecular flexibility index (Phi) is 4.99. The summed E-state index contributed by atoms with van der Waals surface area (Å²) in [6.45, 7) is 4.72. The summed E-state index contributed by atoms with van der Waals surface area (Å²) >= 11 is 0. The van der Waals surface area contributed by atoms with Crippen LogP contribution >= 0.6 is 0 Å². The molecule has 1 amide bonds. The Balaban J connectivity index is 1.65. The maximum Gasteiger partial charge on any atom is 0.325 e. The minimum absolute atomic E-state index is 0.108. The van der Waals surface area contributed by atoms with E-state index >= 15 is 0 Å². The molecule has 1 saturated heterocycles. The fraction of sp³-hybridized carbons (Fsp3) is 0.353. The number of H-pyrrole nitrogens is 2. The van der Waals surface area contributed by atoms with Crippen molar-refractivity contribution in [2.24, 2.45) is 0 Å². The van der Waals surface area contributed by atoms with Crippen LogP contribution in [0.15, 0.2) is 33.9 Å². The van der Waals surface area contributed by atoms with Gasteiger partial charge in [-0.2, -0.15) is 0 Å². The topological polar surface area (TPSA) is 107 Å². The fourth-order valence-electron chi connectivity index (χ4n) is 2.78. The number of nitrogens with zero attached hydrogens (tertiary/aromatic N) is 1. The first-order chi connectivity index (χ1) is 12.0. The van der Waals surface area contributed by atoms with Gasteiger partial charge < -0.3 is 19.9 Å². The van der Waals surface area contributed by atoms with Gasteiger partial charge >= 0.3 is 5.69 Å². The number of ether oxygens (including phenoxy) is 1. The SMILES string of the molecule is Cc1[nH]c(=O)[nH]c(=O)c1CC(=O)Nc1ccc(N2CCOCC2)cc1. The molecule has 0 saturated carbocycles. The van der Waals surface area contributed by atoms with Gasteiger partial charge in [-0.25, -0.2) is 4.79 Å². The molecule has 2 heterocycles. The smallest absolute Gasteiger partial charge is 0.325 e. The molecule has 0 unspecified atom stereocenters. The summed E-state index contributed by atoms with van der Waals surface area (Å²) in [7, 11) is 0. The third kappa shape index (κ3) is 4.16. The second kappa shape index (κ2) is 7.35. The lowest BCUT2D eigenvalue weighted by molar-refractivity contribution is -0.115. The van der Waals surface area contributed by atoms with E-state index < -0.39 is 11.2 Å². The Morgan fingerprint density at radius 1 is 1.16 bits per heavy atom. The molecule has 132 valence electrons. The van der Waals surface area contributed by atoms with Gasteiger partial charge in [0.15, 0.2) is 0 Å². The van der Waals surface area contributed by atoms with Gasteiger partial charge in [0.05, 0.1) is 19.6 Å². The van der Waals surface area contributed by atoms with Crippen LogP contribution in [-0.2, 0) is 16.0 Å². The molecule has 8 nitrogen and oxygen atoms in total. The third-order valence-corrected chi connectivity index (χ3v) is 4.12. The Morgan fingerprint density at radius 3 is 2.48 bits per heavy atom. The van der Waals surface area contributed by atoms with E-state index in [2.05, 4.69) is 20.2 Å². The maximum atomic E-state index is 12.2. The molecule has 3 N–H and O–H groups in total. The summed E-state index contributed by atoms with van der Waals surface area (Å²) in [4.78, 5) is 42.0. The van der Waals surface area contributed by atoms with Crippen LogP contribution < -0.4 is 21.5 Å². The number of hydrogen-bond acceptors (Lipinski definition) is 5. The first kappa shape index (κ1) is 17.0. The highest BCUT2D eigenvalue weighted by molar-refractivity contribution is 5.92. The first-order valence-corrected chi connectivity index (χ1v) is 8.07. The summed E-state index contributed by atoms with van der Waals surface area (Å²) in [5.41, 5.74) is 1.26. The predicted octanol–water partition coefficient (Wildman–Crippen LogP) is 0.389. The van der Waals surface area contributed by atoms with Crippen LogP contribution in [0.1, 0.15) is 11.3 Å². The van der Waals surface area contributed by atoms with E-state index in [1.807, 2.05) is 24.3 Å². The standard InChI is InChI=1S/C17H20N4O4/c1-11-14(16(23)20-17(24)18-11)10-15(22)19-12-2-4-13(5-3-12)21-6-8-25-9-7-21/h2-5H,6-10H2,1H3,(H,19,22)(H2,18,20,23,24). The van der Waals surface area contributed by atoms with Crippen LogP contribution in [-0.4, -0.2) is 42.2 Å². The number of carbonyl (C=O) groups excluding carboxylic acids is 1. The lowest BCUT2D eigenvalue weighted by Crippen LogP contribution is -2.36. The molecule has 3 rings (SSSR count). The van der Waals surface area contributed by atoms with Gasteiger partial charge in [0.2, 0.25) is 5.91 Å².